The largest absolute Gasteiger partial charge is 0.354 e. The summed E-state index contributed by atoms with van der Waals surface area (Å²) in [6, 6.07) is 0.0569. The molecule has 21 heavy (non-hydrogen) atoms. The number of hydrogen-bond donors (Lipinski definition) is 2. The summed E-state index contributed by atoms with van der Waals surface area (Å²) < 4.78 is 0. The molecule has 0 aliphatic rings. The van der Waals surface area contributed by atoms with Gasteiger partial charge in [-0.2, -0.15) is 15.0 Å². The van der Waals surface area contributed by atoms with Crippen LogP contribution in [-0.2, 0) is 0 Å². The first-order valence-corrected chi connectivity index (χ1v) is 7.81. The van der Waals surface area contributed by atoms with E-state index in [1.165, 1.54) is 0 Å². The molecule has 2 rings (SSSR count). The summed E-state index contributed by atoms with van der Waals surface area (Å²) >= 11 is 1.61. The van der Waals surface area contributed by atoms with Gasteiger partial charge in [0.05, 0.1) is 6.04 Å². The molecule has 8 heteroatoms. The molecule has 7 nitrogen and oxygen atoms in total. The predicted molar refractivity (Wildman–Crippen MR) is 87.1 cm³/mol. The van der Waals surface area contributed by atoms with Crippen LogP contribution in [0.5, 0.6) is 0 Å². The molecule has 0 aliphatic carbocycles. The van der Waals surface area contributed by atoms with Crippen LogP contribution in [0.1, 0.15) is 31.3 Å². The normalized spacial score (nSPS) is 12.0. The number of rotatable bonds is 7. The van der Waals surface area contributed by atoms with Crippen molar-refractivity contribution in [3.05, 3.63) is 16.6 Å². The number of aromatic nitrogens is 4. The molecule has 0 amide bonds. The fourth-order valence-electron chi connectivity index (χ4n) is 1.65. The van der Waals surface area contributed by atoms with Gasteiger partial charge in [0.15, 0.2) is 0 Å². The van der Waals surface area contributed by atoms with Gasteiger partial charge < -0.3 is 15.5 Å². The molecule has 2 heterocycles. The lowest BCUT2D eigenvalue weighted by Gasteiger charge is -2.16. The lowest BCUT2D eigenvalue weighted by molar-refractivity contribution is 0.835. The van der Waals surface area contributed by atoms with Crippen LogP contribution < -0.4 is 15.5 Å². The van der Waals surface area contributed by atoms with Crippen LogP contribution in [0.2, 0.25) is 0 Å². The summed E-state index contributed by atoms with van der Waals surface area (Å²) in [6.45, 7) is 4.97. The zero-order valence-corrected chi connectivity index (χ0v) is 13.6. The number of hydrogen-bond acceptors (Lipinski definition) is 8. The van der Waals surface area contributed by atoms with Gasteiger partial charge in [0.25, 0.3) is 0 Å². The van der Waals surface area contributed by atoms with Crippen molar-refractivity contribution in [2.45, 2.75) is 26.3 Å². The maximum atomic E-state index is 4.42. The highest BCUT2D eigenvalue weighted by atomic mass is 32.1. The molecule has 0 aliphatic heterocycles. The molecule has 2 aromatic rings. The van der Waals surface area contributed by atoms with Gasteiger partial charge in [0.2, 0.25) is 17.8 Å². The van der Waals surface area contributed by atoms with Crippen molar-refractivity contribution >= 4 is 29.2 Å². The summed E-state index contributed by atoms with van der Waals surface area (Å²) in [5, 5.41) is 9.43. The molecule has 0 saturated heterocycles. The average molecular weight is 307 g/mol. The Labute approximate surface area is 128 Å². The molecule has 1 unspecified atom stereocenters. The van der Waals surface area contributed by atoms with Crippen molar-refractivity contribution in [3.63, 3.8) is 0 Å². The fourth-order valence-corrected chi connectivity index (χ4v) is 2.29. The molecule has 0 fully saturated rings. The zero-order chi connectivity index (χ0) is 15.2. The van der Waals surface area contributed by atoms with Crippen LogP contribution in [0.15, 0.2) is 11.6 Å². The lowest BCUT2D eigenvalue weighted by Crippen LogP contribution is -2.18. The van der Waals surface area contributed by atoms with E-state index in [9.17, 15) is 0 Å². The molecule has 2 aromatic heterocycles. The standard InChI is InChI=1S/C13H21N7S/c1-5-6-15-11-17-12(19-13(18-11)20(3)4)16-9(2)10-14-7-8-21-10/h7-9H,5-6H2,1-4H3,(H2,15,16,17,18,19). The number of nitrogens with zero attached hydrogens (tertiary/aromatic N) is 5. The highest BCUT2D eigenvalue weighted by molar-refractivity contribution is 7.09. The second kappa shape index (κ2) is 7.16. The minimum absolute atomic E-state index is 0.0569. The SMILES string of the molecule is CCCNc1nc(NC(C)c2nccs2)nc(N(C)C)n1. The van der Waals surface area contributed by atoms with Gasteiger partial charge in [0, 0.05) is 32.2 Å². The van der Waals surface area contributed by atoms with E-state index in [2.05, 4.69) is 37.5 Å². The number of nitrogens with one attached hydrogen (secondary N) is 2. The second-order valence-electron chi connectivity index (χ2n) is 4.84. The van der Waals surface area contributed by atoms with Crippen LogP contribution in [0.25, 0.3) is 0 Å². The topological polar surface area (TPSA) is 78.9 Å². The average Bonchev–Trinajstić information content (AvgIpc) is 2.99. The van der Waals surface area contributed by atoms with Gasteiger partial charge in [-0.15, -0.1) is 11.3 Å². The van der Waals surface area contributed by atoms with Gasteiger partial charge >= 0.3 is 0 Å². The molecule has 0 saturated carbocycles. The summed E-state index contributed by atoms with van der Waals surface area (Å²) in [4.78, 5) is 19.4. The Morgan fingerprint density at radius 2 is 2.00 bits per heavy atom. The first kappa shape index (κ1) is 15.4. The molecule has 2 N–H and O–H groups in total. The highest BCUT2D eigenvalue weighted by Gasteiger charge is 2.12. The minimum atomic E-state index is 0.0569. The van der Waals surface area contributed by atoms with E-state index in [-0.39, 0.29) is 6.04 Å². The van der Waals surface area contributed by atoms with E-state index < -0.39 is 0 Å². The Hall–Kier alpha value is -1.96. The van der Waals surface area contributed by atoms with Crippen LogP contribution >= 0.6 is 11.3 Å². The van der Waals surface area contributed by atoms with Gasteiger partial charge in [-0.3, -0.25) is 0 Å². The summed E-state index contributed by atoms with van der Waals surface area (Å²) in [5.74, 6) is 1.76. The van der Waals surface area contributed by atoms with Crippen LogP contribution in [0.4, 0.5) is 17.8 Å². The number of anilines is 3. The maximum absolute atomic E-state index is 4.42. The van der Waals surface area contributed by atoms with Gasteiger partial charge in [-0.1, -0.05) is 6.92 Å². The molecule has 0 spiro atoms. The van der Waals surface area contributed by atoms with Crippen molar-refractivity contribution in [2.75, 3.05) is 36.2 Å². The Morgan fingerprint density at radius 1 is 1.24 bits per heavy atom. The Morgan fingerprint density at radius 3 is 2.62 bits per heavy atom. The van der Waals surface area contributed by atoms with Crippen molar-refractivity contribution < 1.29 is 0 Å². The molecule has 1 atom stereocenters. The lowest BCUT2D eigenvalue weighted by atomic mass is 10.4. The van der Waals surface area contributed by atoms with E-state index in [1.54, 1.807) is 17.5 Å². The predicted octanol–water partition coefficient (Wildman–Crippen LogP) is 2.39. The van der Waals surface area contributed by atoms with Crippen LogP contribution in [0, 0.1) is 0 Å². The van der Waals surface area contributed by atoms with Crippen LogP contribution in [-0.4, -0.2) is 40.6 Å². The van der Waals surface area contributed by atoms with Crippen molar-refractivity contribution in [1.82, 2.24) is 19.9 Å². The molecule has 0 aromatic carbocycles. The van der Waals surface area contributed by atoms with E-state index in [0.717, 1.165) is 18.0 Å². The van der Waals surface area contributed by atoms with Crippen molar-refractivity contribution in [1.29, 1.82) is 0 Å². The third-order valence-corrected chi connectivity index (χ3v) is 3.68. The third-order valence-electron chi connectivity index (χ3n) is 2.72. The second-order valence-corrected chi connectivity index (χ2v) is 5.77. The van der Waals surface area contributed by atoms with E-state index in [0.29, 0.717) is 17.8 Å². The smallest absolute Gasteiger partial charge is 0.231 e. The highest BCUT2D eigenvalue weighted by Crippen LogP contribution is 2.20. The van der Waals surface area contributed by atoms with E-state index >= 15 is 0 Å². The third kappa shape index (κ3) is 4.25. The first-order valence-electron chi connectivity index (χ1n) is 6.93. The van der Waals surface area contributed by atoms with E-state index in [1.807, 2.05) is 31.3 Å². The summed E-state index contributed by atoms with van der Waals surface area (Å²) in [5.41, 5.74) is 0. The van der Waals surface area contributed by atoms with Crippen LogP contribution in [0.3, 0.4) is 0 Å². The zero-order valence-electron chi connectivity index (χ0n) is 12.8. The molecular weight excluding hydrogens is 286 g/mol. The van der Waals surface area contributed by atoms with Crippen molar-refractivity contribution in [2.24, 2.45) is 0 Å². The Balaban J connectivity index is 2.18. The number of thiazole rings is 1. The maximum Gasteiger partial charge on any atom is 0.231 e. The molecular formula is C13H21N7S. The molecule has 114 valence electrons. The Kier molecular flexibility index (Phi) is 5.26. The summed E-state index contributed by atoms with van der Waals surface area (Å²) in [7, 11) is 3.82. The Bertz CT molecular complexity index is 556. The van der Waals surface area contributed by atoms with Gasteiger partial charge in [-0.25, -0.2) is 4.98 Å². The minimum Gasteiger partial charge on any atom is -0.354 e. The van der Waals surface area contributed by atoms with Crippen molar-refractivity contribution in [3.8, 4) is 0 Å². The summed E-state index contributed by atoms with van der Waals surface area (Å²) in [6.07, 6.45) is 2.81. The monoisotopic (exact) mass is 307 g/mol. The first-order chi connectivity index (χ1) is 10.1. The fraction of sp³-hybridized carbons (Fsp3) is 0.538. The quantitative estimate of drug-likeness (QED) is 0.813. The molecule has 0 bridgehead atoms. The van der Waals surface area contributed by atoms with E-state index in [4.69, 9.17) is 0 Å². The molecule has 0 radical (unpaired) electrons. The van der Waals surface area contributed by atoms with Gasteiger partial charge in [0.1, 0.15) is 5.01 Å². The van der Waals surface area contributed by atoms with Gasteiger partial charge in [-0.05, 0) is 13.3 Å².